The minimum atomic E-state index is 0. The van der Waals surface area contributed by atoms with Crippen molar-refractivity contribution in [3.05, 3.63) is 29.3 Å². The number of fused-ring (bicyclic) bond motifs is 1. The Labute approximate surface area is 121 Å². The molecule has 1 aromatic rings. The summed E-state index contributed by atoms with van der Waals surface area (Å²) in [6.07, 6.45) is 0. The first-order valence-electron chi connectivity index (χ1n) is 6.83. The Kier molecular flexibility index (Phi) is 4.71. The normalized spacial score (nSPS) is 26.0. The highest BCUT2D eigenvalue weighted by Gasteiger charge is 2.35. The van der Waals surface area contributed by atoms with Crippen molar-refractivity contribution in [2.75, 3.05) is 33.3 Å². The van der Waals surface area contributed by atoms with E-state index in [1.165, 1.54) is 37.3 Å². The fourth-order valence-electron chi connectivity index (χ4n) is 3.30. The van der Waals surface area contributed by atoms with Gasteiger partial charge in [0.1, 0.15) is 5.75 Å². The van der Waals surface area contributed by atoms with Crippen LogP contribution in [0.1, 0.15) is 11.1 Å². The largest absolute Gasteiger partial charge is 0.496 e. The zero-order valence-electron chi connectivity index (χ0n) is 11.7. The molecule has 0 spiro atoms. The molecule has 19 heavy (non-hydrogen) atoms. The summed E-state index contributed by atoms with van der Waals surface area (Å²) in [4.78, 5) is 2.58. The average molecular weight is 283 g/mol. The molecule has 0 radical (unpaired) electrons. The van der Waals surface area contributed by atoms with E-state index >= 15 is 0 Å². The second-order valence-electron chi connectivity index (χ2n) is 5.68. The van der Waals surface area contributed by atoms with Gasteiger partial charge in [0.15, 0.2) is 0 Å². The summed E-state index contributed by atoms with van der Waals surface area (Å²) in [5.41, 5.74) is 2.58. The van der Waals surface area contributed by atoms with Crippen LogP contribution in [0.15, 0.2) is 18.2 Å². The van der Waals surface area contributed by atoms with Crippen LogP contribution in [0.4, 0.5) is 0 Å². The van der Waals surface area contributed by atoms with E-state index in [0.29, 0.717) is 0 Å². The van der Waals surface area contributed by atoms with Crippen LogP contribution in [0.25, 0.3) is 0 Å². The van der Waals surface area contributed by atoms with Gasteiger partial charge in [-0.15, -0.1) is 12.4 Å². The summed E-state index contributed by atoms with van der Waals surface area (Å²) in [5, 5.41) is 3.49. The lowest BCUT2D eigenvalue weighted by Crippen LogP contribution is -2.25. The molecule has 0 unspecified atom stereocenters. The fourth-order valence-corrected chi connectivity index (χ4v) is 3.30. The van der Waals surface area contributed by atoms with E-state index in [1.807, 2.05) is 0 Å². The van der Waals surface area contributed by atoms with Crippen molar-refractivity contribution in [2.24, 2.45) is 11.8 Å². The van der Waals surface area contributed by atoms with Crippen LogP contribution in [0.2, 0.25) is 0 Å². The van der Waals surface area contributed by atoms with Crippen LogP contribution in [0.5, 0.6) is 5.75 Å². The average Bonchev–Trinajstić information content (AvgIpc) is 2.92. The molecule has 2 heterocycles. The van der Waals surface area contributed by atoms with Crippen LogP contribution < -0.4 is 10.1 Å². The number of benzene rings is 1. The molecule has 1 N–H and O–H groups in total. The first kappa shape index (κ1) is 14.6. The van der Waals surface area contributed by atoms with Crippen LogP contribution in [0.3, 0.4) is 0 Å². The smallest absolute Gasteiger partial charge is 0.122 e. The van der Waals surface area contributed by atoms with E-state index in [9.17, 15) is 0 Å². The molecule has 1 aromatic carbocycles. The molecule has 3 nitrogen and oxygen atoms in total. The number of halogens is 1. The number of rotatable bonds is 3. The van der Waals surface area contributed by atoms with Crippen molar-refractivity contribution < 1.29 is 4.74 Å². The molecule has 2 fully saturated rings. The monoisotopic (exact) mass is 282 g/mol. The molecule has 0 bridgehead atoms. The predicted octanol–water partition coefficient (Wildman–Crippen LogP) is 2.08. The fraction of sp³-hybridized carbons (Fsp3) is 0.600. The van der Waals surface area contributed by atoms with Gasteiger partial charge in [0.25, 0.3) is 0 Å². The Hall–Kier alpha value is -0.770. The molecule has 3 rings (SSSR count). The number of hydrogen-bond donors (Lipinski definition) is 1. The minimum absolute atomic E-state index is 0. The Bertz CT molecular complexity index is 426. The topological polar surface area (TPSA) is 24.5 Å². The summed E-state index contributed by atoms with van der Waals surface area (Å²) in [7, 11) is 1.75. The lowest BCUT2D eigenvalue weighted by molar-refractivity contribution is 0.305. The molecule has 106 valence electrons. The van der Waals surface area contributed by atoms with Crippen molar-refractivity contribution in [1.29, 1.82) is 0 Å². The van der Waals surface area contributed by atoms with Crippen LogP contribution in [0, 0.1) is 18.8 Å². The van der Waals surface area contributed by atoms with Gasteiger partial charge in [-0.1, -0.05) is 12.1 Å². The van der Waals surface area contributed by atoms with Crippen molar-refractivity contribution >= 4 is 12.4 Å². The number of methoxy groups -OCH3 is 1. The standard InChI is InChI=1S/C15H22N2O.ClH/c1-11-3-4-12(5-15(11)18-2)8-17-9-13-6-16-7-14(13)10-17;/h3-5,13-14,16H,6-10H2,1-2H3;1H/t13-,14+;. The number of ether oxygens (including phenoxy) is 1. The zero-order chi connectivity index (χ0) is 12.5. The van der Waals surface area contributed by atoms with E-state index < -0.39 is 0 Å². The van der Waals surface area contributed by atoms with E-state index in [4.69, 9.17) is 4.74 Å². The van der Waals surface area contributed by atoms with Gasteiger partial charge in [-0.25, -0.2) is 0 Å². The number of nitrogens with zero attached hydrogens (tertiary/aromatic N) is 1. The Morgan fingerprint density at radius 2 is 1.95 bits per heavy atom. The second kappa shape index (κ2) is 6.12. The maximum atomic E-state index is 5.40. The van der Waals surface area contributed by atoms with Gasteiger partial charge < -0.3 is 10.1 Å². The highest BCUT2D eigenvalue weighted by atomic mass is 35.5. The molecule has 0 amide bonds. The summed E-state index contributed by atoms with van der Waals surface area (Å²) in [6, 6.07) is 6.57. The Morgan fingerprint density at radius 3 is 2.58 bits per heavy atom. The molecule has 0 aromatic heterocycles. The van der Waals surface area contributed by atoms with E-state index in [1.54, 1.807) is 7.11 Å². The lowest BCUT2D eigenvalue weighted by Gasteiger charge is -2.17. The van der Waals surface area contributed by atoms with Crippen molar-refractivity contribution in [2.45, 2.75) is 13.5 Å². The minimum Gasteiger partial charge on any atom is -0.496 e. The van der Waals surface area contributed by atoms with Gasteiger partial charge in [0.2, 0.25) is 0 Å². The summed E-state index contributed by atoms with van der Waals surface area (Å²) < 4.78 is 5.40. The van der Waals surface area contributed by atoms with Crippen LogP contribution in [-0.2, 0) is 6.54 Å². The number of hydrogen-bond acceptors (Lipinski definition) is 3. The third-order valence-corrected chi connectivity index (χ3v) is 4.34. The third-order valence-electron chi connectivity index (χ3n) is 4.34. The molecule has 2 aliphatic rings. The van der Waals surface area contributed by atoms with Gasteiger partial charge in [-0.2, -0.15) is 0 Å². The molecule has 4 heteroatoms. The number of nitrogens with one attached hydrogen (secondary N) is 1. The summed E-state index contributed by atoms with van der Waals surface area (Å²) >= 11 is 0. The van der Waals surface area contributed by atoms with Crippen LogP contribution >= 0.6 is 12.4 Å². The Balaban J connectivity index is 0.00000133. The molecule has 2 atom stereocenters. The van der Waals surface area contributed by atoms with Crippen molar-refractivity contribution in [1.82, 2.24) is 10.2 Å². The SMILES string of the molecule is COc1cc(CN2C[C@H]3CNC[C@H]3C2)ccc1C.Cl. The molecule has 2 aliphatic heterocycles. The van der Waals surface area contributed by atoms with E-state index in [-0.39, 0.29) is 12.4 Å². The highest BCUT2D eigenvalue weighted by molar-refractivity contribution is 5.85. The lowest BCUT2D eigenvalue weighted by atomic mass is 10.0. The van der Waals surface area contributed by atoms with Gasteiger partial charge in [-0.3, -0.25) is 4.90 Å². The van der Waals surface area contributed by atoms with Crippen molar-refractivity contribution in [3.8, 4) is 5.75 Å². The quantitative estimate of drug-likeness (QED) is 0.919. The number of likely N-dealkylation sites (tertiary alicyclic amines) is 1. The molecular weight excluding hydrogens is 260 g/mol. The maximum absolute atomic E-state index is 5.40. The molecule has 0 saturated carbocycles. The van der Waals surface area contributed by atoms with Crippen molar-refractivity contribution in [3.63, 3.8) is 0 Å². The molecular formula is C15H23ClN2O. The van der Waals surface area contributed by atoms with E-state index in [0.717, 1.165) is 24.1 Å². The maximum Gasteiger partial charge on any atom is 0.122 e. The summed E-state index contributed by atoms with van der Waals surface area (Å²) in [5.74, 6) is 2.75. The first-order valence-corrected chi connectivity index (χ1v) is 6.83. The second-order valence-corrected chi connectivity index (χ2v) is 5.68. The zero-order valence-corrected chi connectivity index (χ0v) is 12.5. The van der Waals surface area contributed by atoms with E-state index in [2.05, 4.69) is 35.3 Å². The predicted molar refractivity (Wildman–Crippen MR) is 80.1 cm³/mol. The third kappa shape index (κ3) is 3.04. The summed E-state index contributed by atoms with van der Waals surface area (Å²) in [6.45, 7) is 8.05. The number of aryl methyl sites for hydroxylation is 1. The molecule has 0 aliphatic carbocycles. The first-order chi connectivity index (χ1) is 8.76. The molecule has 2 saturated heterocycles. The van der Waals surface area contributed by atoms with Gasteiger partial charge >= 0.3 is 0 Å². The highest BCUT2D eigenvalue weighted by Crippen LogP contribution is 2.28. The van der Waals surface area contributed by atoms with Gasteiger partial charge in [-0.05, 0) is 49.0 Å². The Morgan fingerprint density at radius 1 is 1.26 bits per heavy atom. The van der Waals surface area contributed by atoms with Gasteiger partial charge in [0, 0.05) is 19.6 Å². The van der Waals surface area contributed by atoms with Crippen LogP contribution in [-0.4, -0.2) is 38.2 Å². The van der Waals surface area contributed by atoms with Gasteiger partial charge in [0.05, 0.1) is 7.11 Å².